The van der Waals surface area contributed by atoms with Gasteiger partial charge in [-0.3, -0.25) is 4.98 Å². The zero-order chi connectivity index (χ0) is 20.7. The van der Waals surface area contributed by atoms with Crippen molar-refractivity contribution in [1.82, 2.24) is 9.97 Å². The lowest BCUT2D eigenvalue weighted by molar-refractivity contribution is 0.627. The van der Waals surface area contributed by atoms with Gasteiger partial charge < -0.3 is 5.32 Å². The van der Waals surface area contributed by atoms with Crippen LogP contribution < -0.4 is 5.32 Å². The quantitative estimate of drug-likeness (QED) is 0.461. The van der Waals surface area contributed by atoms with E-state index in [1.807, 2.05) is 54.6 Å². The average molecular weight is 390 g/mol. The summed E-state index contributed by atoms with van der Waals surface area (Å²) in [4.78, 5) is 9.11. The highest BCUT2D eigenvalue weighted by Crippen LogP contribution is 2.38. The third kappa shape index (κ3) is 2.92. The molecule has 3 heterocycles. The van der Waals surface area contributed by atoms with Gasteiger partial charge in [-0.2, -0.15) is 5.26 Å². The summed E-state index contributed by atoms with van der Waals surface area (Å²) < 4.78 is 15.1. The Hall–Kier alpha value is -4.30. The standard InChI is InChI=1S/C25H15FN4/c1-15-7-8-18-13-21(16-9-10-22-17(12-16)5-3-11-28-22)24(30-25(18)29-15)20-6-2-4-19(14-27)23(20)26/h2-13H,1H2,(H,29,30). The van der Waals surface area contributed by atoms with E-state index in [4.69, 9.17) is 4.98 Å². The highest BCUT2D eigenvalue weighted by Gasteiger charge is 2.20. The van der Waals surface area contributed by atoms with Gasteiger partial charge >= 0.3 is 0 Å². The molecule has 1 aliphatic rings. The zero-order valence-corrected chi connectivity index (χ0v) is 15.9. The van der Waals surface area contributed by atoms with Crippen LogP contribution in [0.15, 0.2) is 79.1 Å². The summed E-state index contributed by atoms with van der Waals surface area (Å²) in [6.45, 7) is 3.91. The average Bonchev–Trinajstić information content (AvgIpc) is 2.78. The van der Waals surface area contributed by atoms with E-state index in [2.05, 4.69) is 16.9 Å². The van der Waals surface area contributed by atoms with Crippen molar-refractivity contribution in [3.8, 4) is 28.5 Å². The summed E-state index contributed by atoms with van der Waals surface area (Å²) in [5.74, 6) is 0.0202. The minimum absolute atomic E-state index is 0.0158. The van der Waals surface area contributed by atoms with Crippen LogP contribution >= 0.6 is 0 Å². The second-order valence-corrected chi connectivity index (χ2v) is 7.00. The van der Waals surface area contributed by atoms with Gasteiger partial charge in [0.15, 0.2) is 0 Å². The molecule has 0 saturated heterocycles. The molecule has 1 N–H and O–H groups in total. The second kappa shape index (κ2) is 6.94. The first-order valence-corrected chi connectivity index (χ1v) is 9.37. The molecule has 0 spiro atoms. The summed E-state index contributed by atoms with van der Waals surface area (Å²) in [6, 6.07) is 18.4. The van der Waals surface area contributed by atoms with E-state index in [9.17, 15) is 5.26 Å². The summed E-state index contributed by atoms with van der Waals surface area (Å²) in [5, 5.41) is 13.4. The van der Waals surface area contributed by atoms with Crippen LogP contribution in [-0.2, 0) is 0 Å². The number of hydrogen-bond acceptors (Lipinski definition) is 4. The van der Waals surface area contributed by atoms with Gasteiger partial charge in [0.2, 0.25) is 0 Å². The Morgan fingerprint density at radius 3 is 2.77 bits per heavy atom. The highest BCUT2D eigenvalue weighted by molar-refractivity contribution is 5.91. The number of hydrogen-bond donors (Lipinski definition) is 1. The van der Waals surface area contributed by atoms with E-state index in [1.54, 1.807) is 18.3 Å². The molecule has 0 bridgehead atoms. The number of allylic oxidation sites excluding steroid dienone is 1. The number of fused-ring (bicyclic) bond motifs is 2. The van der Waals surface area contributed by atoms with Crippen LogP contribution in [0.5, 0.6) is 0 Å². The van der Waals surface area contributed by atoms with E-state index >= 15 is 4.39 Å². The minimum atomic E-state index is -0.582. The SMILES string of the molecule is C=C1C=Cc2cc(-c3ccc4ncccc4c3)c(-c3cccc(C#N)c3F)nc2N1. The van der Waals surface area contributed by atoms with Gasteiger partial charge in [-0.1, -0.05) is 24.8 Å². The monoisotopic (exact) mass is 390 g/mol. The van der Waals surface area contributed by atoms with E-state index in [1.165, 1.54) is 6.07 Å². The Labute approximate surface area is 172 Å². The van der Waals surface area contributed by atoms with Crippen molar-refractivity contribution in [3.05, 3.63) is 96.1 Å². The van der Waals surface area contributed by atoms with Crippen molar-refractivity contribution < 1.29 is 4.39 Å². The number of pyridine rings is 2. The first-order valence-electron chi connectivity index (χ1n) is 9.37. The Morgan fingerprint density at radius 1 is 1.00 bits per heavy atom. The molecule has 0 unspecified atom stereocenters. The van der Waals surface area contributed by atoms with Gasteiger partial charge in [0.25, 0.3) is 0 Å². The van der Waals surface area contributed by atoms with E-state index < -0.39 is 5.82 Å². The van der Waals surface area contributed by atoms with E-state index in [0.29, 0.717) is 17.2 Å². The maximum Gasteiger partial charge on any atom is 0.150 e. The topological polar surface area (TPSA) is 61.6 Å². The third-order valence-electron chi connectivity index (χ3n) is 5.08. The fourth-order valence-corrected chi connectivity index (χ4v) is 3.61. The molecule has 4 nitrogen and oxygen atoms in total. The molecule has 0 atom stereocenters. The third-order valence-corrected chi connectivity index (χ3v) is 5.08. The van der Waals surface area contributed by atoms with Crippen molar-refractivity contribution in [3.63, 3.8) is 0 Å². The number of aromatic nitrogens is 2. The lowest BCUT2D eigenvalue weighted by Crippen LogP contribution is -2.06. The van der Waals surface area contributed by atoms with Crippen LogP contribution in [0.25, 0.3) is 39.4 Å². The van der Waals surface area contributed by atoms with E-state index in [-0.39, 0.29) is 11.1 Å². The van der Waals surface area contributed by atoms with Crippen molar-refractivity contribution in [2.24, 2.45) is 0 Å². The molecule has 0 fully saturated rings. The van der Waals surface area contributed by atoms with Gasteiger partial charge in [-0.05, 0) is 54.1 Å². The van der Waals surface area contributed by atoms with Gasteiger partial charge in [0.1, 0.15) is 17.7 Å². The molecule has 4 aromatic rings. The molecule has 1 aliphatic heterocycles. The fraction of sp³-hybridized carbons (Fsp3) is 0. The molecule has 0 radical (unpaired) electrons. The zero-order valence-electron chi connectivity index (χ0n) is 15.9. The van der Waals surface area contributed by atoms with Crippen LogP contribution in [-0.4, -0.2) is 9.97 Å². The second-order valence-electron chi connectivity index (χ2n) is 7.00. The number of halogens is 1. The molecule has 0 amide bonds. The maximum absolute atomic E-state index is 15.1. The molecule has 5 rings (SSSR count). The molecule has 30 heavy (non-hydrogen) atoms. The first kappa shape index (κ1) is 17.8. The first-order chi connectivity index (χ1) is 14.6. The largest absolute Gasteiger partial charge is 0.340 e. The Morgan fingerprint density at radius 2 is 1.90 bits per heavy atom. The summed E-state index contributed by atoms with van der Waals surface area (Å²) in [5.41, 5.74) is 4.85. The predicted molar refractivity (Wildman–Crippen MR) is 117 cm³/mol. The molecule has 142 valence electrons. The molecular weight excluding hydrogens is 375 g/mol. The molecule has 2 aromatic carbocycles. The Balaban J connectivity index is 1.81. The normalized spacial score (nSPS) is 12.3. The minimum Gasteiger partial charge on any atom is -0.340 e. The molecule has 5 heteroatoms. The van der Waals surface area contributed by atoms with Gasteiger partial charge in [0.05, 0.1) is 16.8 Å². The van der Waals surface area contributed by atoms with Crippen LogP contribution in [0, 0.1) is 17.1 Å². The number of nitrogens with zero attached hydrogens (tertiary/aromatic N) is 3. The lowest BCUT2D eigenvalue weighted by Gasteiger charge is -2.19. The summed E-state index contributed by atoms with van der Waals surface area (Å²) in [6.07, 6.45) is 5.55. The van der Waals surface area contributed by atoms with Crippen LogP contribution in [0.2, 0.25) is 0 Å². The number of benzene rings is 2. The van der Waals surface area contributed by atoms with Crippen LogP contribution in [0.4, 0.5) is 10.2 Å². The maximum atomic E-state index is 15.1. The predicted octanol–water partition coefficient (Wildman–Crippen LogP) is 5.93. The summed E-state index contributed by atoms with van der Waals surface area (Å²) in [7, 11) is 0. The highest BCUT2D eigenvalue weighted by atomic mass is 19.1. The van der Waals surface area contributed by atoms with Crippen LogP contribution in [0.3, 0.4) is 0 Å². The number of nitriles is 1. The van der Waals surface area contributed by atoms with Gasteiger partial charge in [0, 0.05) is 34.0 Å². The summed E-state index contributed by atoms with van der Waals surface area (Å²) >= 11 is 0. The number of nitrogens with one attached hydrogen (secondary N) is 1. The van der Waals surface area contributed by atoms with E-state index in [0.717, 1.165) is 27.6 Å². The van der Waals surface area contributed by atoms with Crippen LogP contribution in [0.1, 0.15) is 11.1 Å². The van der Waals surface area contributed by atoms with Crippen molar-refractivity contribution >= 4 is 22.8 Å². The lowest BCUT2D eigenvalue weighted by atomic mass is 9.94. The van der Waals surface area contributed by atoms with Crippen molar-refractivity contribution in [1.29, 1.82) is 5.26 Å². The molecule has 0 aliphatic carbocycles. The number of anilines is 1. The molecular formula is C25H15FN4. The fourth-order valence-electron chi connectivity index (χ4n) is 3.61. The number of rotatable bonds is 2. The molecule has 2 aromatic heterocycles. The smallest absolute Gasteiger partial charge is 0.150 e. The Bertz CT molecular complexity index is 1410. The Kier molecular flexibility index (Phi) is 4.11. The van der Waals surface area contributed by atoms with Gasteiger partial charge in [-0.25, -0.2) is 9.37 Å². The molecule has 0 saturated carbocycles. The van der Waals surface area contributed by atoms with Gasteiger partial charge in [-0.15, -0.1) is 0 Å². The van der Waals surface area contributed by atoms with Crippen molar-refractivity contribution in [2.75, 3.05) is 5.32 Å². The van der Waals surface area contributed by atoms with Crippen molar-refractivity contribution in [2.45, 2.75) is 0 Å².